The average molecular weight is 315 g/mol. The Hall–Kier alpha value is -1.83. The minimum atomic E-state index is -1.44. The lowest BCUT2D eigenvalue weighted by Gasteiger charge is -2.29. The fourth-order valence-electron chi connectivity index (χ4n) is 2.37. The number of amides is 2. The van der Waals surface area contributed by atoms with Gasteiger partial charge in [-0.25, -0.2) is 9.59 Å². The van der Waals surface area contributed by atoms with Crippen molar-refractivity contribution in [3.05, 3.63) is 0 Å². The molecule has 1 saturated heterocycles. The largest absolute Gasteiger partial charge is 0.479 e. The zero-order valence-electron chi connectivity index (χ0n) is 13.7. The number of ether oxygens (including phenoxy) is 1. The van der Waals surface area contributed by atoms with Gasteiger partial charge in [-0.2, -0.15) is 0 Å². The molecule has 126 valence electrons. The Bertz CT molecular complexity index is 460. The molecule has 0 aromatic rings. The Morgan fingerprint density at radius 2 is 1.91 bits per heavy atom. The summed E-state index contributed by atoms with van der Waals surface area (Å²) in [5.41, 5.74) is -2.15. The highest BCUT2D eigenvalue weighted by molar-refractivity contribution is 5.86. The van der Waals surface area contributed by atoms with E-state index < -0.39 is 29.2 Å². The molecule has 0 aromatic heterocycles. The van der Waals surface area contributed by atoms with Crippen molar-refractivity contribution in [1.29, 1.82) is 0 Å². The number of alkyl carbamates (subject to hydrolysis) is 1. The number of likely N-dealkylation sites (tertiary alicyclic amines) is 1. The van der Waals surface area contributed by atoms with Crippen molar-refractivity contribution in [1.82, 2.24) is 15.5 Å². The van der Waals surface area contributed by atoms with Crippen LogP contribution in [0.25, 0.3) is 0 Å². The number of hydrogen-bond donors (Lipinski definition) is 3. The Balaban J connectivity index is 2.81. The number of carbonyl (C=O) groups is 3. The molecule has 2 amide bonds. The second kappa shape index (κ2) is 6.51. The molecule has 0 spiro atoms. The molecule has 0 radical (unpaired) electrons. The van der Waals surface area contributed by atoms with Gasteiger partial charge >= 0.3 is 12.1 Å². The normalized spacial score (nSPS) is 23.7. The summed E-state index contributed by atoms with van der Waals surface area (Å²) >= 11 is 0. The molecule has 1 aliphatic heterocycles. The first kappa shape index (κ1) is 18.2. The number of aliphatic carboxylic acids is 1. The van der Waals surface area contributed by atoms with Crippen LogP contribution in [-0.4, -0.2) is 65.3 Å². The van der Waals surface area contributed by atoms with Gasteiger partial charge in [0.1, 0.15) is 5.60 Å². The number of nitrogens with zero attached hydrogens (tertiary/aromatic N) is 1. The fourth-order valence-corrected chi connectivity index (χ4v) is 2.37. The molecular weight excluding hydrogens is 290 g/mol. The molecule has 3 N–H and O–H groups in total. The van der Waals surface area contributed by atoms with E-state index in [1.807, 2.05) is 0 Å². The lowest BCUT2D eigenvalue weighted by Crippen LogP contribution is -2.58. The summed E-state index contributed by atoms with van der Waals surface area (Å²) in [6, 6.07) is -0.466. The van der Waals surface area contributed by atoms with Crippen LogP contribution in [-0.2, 0) is 14.3 Å². The molecule has 1 fully saturated rings. The molecule has 0 aromatic carbocycles. The lowest BCUT2D eigenvalue weighted by molar-refractivity contribution is -0.144. The topological polar surface area (TPSA) is 108 Å². The zero-order chi connectivity index (χ0) is 17.1. The van der Waals surface area contributed by atoms with Crippen molar-refractivity contribution < 1.29 is 24.2 Å². The summed E-state index contributed by atoms with van der Waals surface area (Å²) in [6.45, 7) is 7.26. The van der Waals surface area contributed by atoms with E-state index in [4.69, 9.17) is 4.74 Å². The van der Waals surface area contributed by atoms with Crippen molar-refractivity contribution in [2.24, 2.45) is 0 Å². The maximum Gasteiger partial charge on any atom is 0.408 e. The van der Waals surface area contributed by atoms with Crippen LogP contribution in [0, 0.1) is 0 Å². The van der Waals surface area contributed by atoms with Gasteiger partial charge in [0.05, 0.1) is 6.04 Å². The minimum absolute atomic E-state index is 0.0517. The standard InChI is InChI=1S/C14H25N3O5/c1-9(10(18)15-5)17-7-6-14(8-17,11(19)20)16-12(21)22-13(2,3)4/h9H,6-8H2,1-5H3,(H,15,18)(H,16,21)(H,19,20). The zero-order valence-corrected chi connectivity index (χ0v) is 13.7. The summed E-state index contributed by atoms with van der Waals surface area (Å²) in [5, 5.41) is 14.5. The van der Waals surface area contributed by atoms with Gasteiger partial charge in [0.25, 0.3) is 0 Å². The van der Waals surface area contributed by atoms with E-state index in [0.717, 1.165) is 0 Å². The van der Waals surface area contributed by atoms with Crippen LogP contribution >= 0.6 is 0 Å². The molecule has 22 heavy (non-hydrogen) atoms. The Morgan fingerprint density at radius 3 is 2.36 bits per heavy atom. The maximum absolute atomic E-state index is 11.9. The van der Waals surface area contributed by atoms with E-state index in [1.165, 1.54) is 7.05 Å². The summed E-state index contributed by atoms with van der Waals surface area (Å²) in [6.07, 6.45) is -0.563. The number of carboxylic acids is 1. The van der Waals surface area contributed by atoms with E-state index in [0.29, 0.717) is 6.54 Å². The Labute approximate surface area is 130 Å². The van der Waals surface area contributed by atoms with Crippen molar-refractivity contribution in [2.75, 3.05) is 20.1 Å². The van der Waals surface area contributed by atoms with Gasteiger partial charge in [0.2, 0.25) is 5.91 Å². The van der Waals surface area contributed by atoms with Crippen LogP contribution in [0.3, 0.4) is 0 Å². The Kier molecular flexibility index (Phi) is 5.39. The second-order valence-electron chi connectivity index (χ2n) is 6.52. The highest BCUT2D eigenvalue weighted by Gasteiger charge is 2.48. The molecule has 1 aliphatic rings. The number of carboxylic acid groups (broad SMARTS) is 1. The first-order valence-electron chi connectivity index (χ1n) is 7.21. The van der Waals surface area contributed by atoms with Crippen LogP contribution in [0.1, 0.15) is 34.1 Å². The molecule has 0 bridgehead atoms. The number of nitrogens with one attached hydrogen (secondary N) is 2. The summed E-state index contributed by atoms with van der Waals surface area (Å²) < 4.78 is 5.13. The quantitative estimate of drug-likeness (QED) is 0.683. The van der Waals surface area contributed by atoms with Gasteiger partial charge < -0.3 is 20.5 Å². The number of likely N-dealkylation sites (N-methyl/N-ethyl adjacent to an activating group) is 1. The van der Waals surface area contributed by atoms with E-state index in [9.17, 15) is 19.5 Å². The molecule has 0 saturated carbocycles. The smallest absolute Gasteiger partial charge is 0.408 e. The summed E-state index contributed by atoms with van der Waals surface area (Å²) in [7, 11) is 1.53. The predicted octanol–water partition coefficient (Wildman–Crippen LogP) is 0.175. The van der Waals surface area contributed by atoms with Gasteiger partial charge in [0.15, 0.2) is 5.54 Å². The number of carbonyl (C=O) groups excluding carboxylic acids is 2. The predicted molar refractivity (Wildman–Crippen MR) is 79.5 cm³/mol. The van der Waals surface area contributed by atoms with E-state index in [2.05, 4.69) is 10.6 Å². The van der Waals surface area contributed by atoms with Crippen molar-refractivity contribution in [2.45, 2.75) is 51.3 Å². The summed E-state index contributed by atoms with van der Waals surface area (Å²) in [5.74, 6) is -1.33. The number of rotatable bonds is 4. The van der Waals surface area contributed by atoms with Crippen LogP contribution in [0.4, 0.5) is 4.79 Å². The highest BCUT2D eigenvalue weighted by atomic mass is 16.6. The molecule has 8 nitrogen and oxygen atoms in total. The highest BCUT2D eigenvalue weighted by Crippen LogP contribution is 2.24. The molecule has 0 aliphatic carbocycles. The first-order valence-corrected chi connectivity index (χ1v) is 7.21. The van der Waals surface area contributed by atoms with E-state index in [-0.39, 0.29) is 18.9 Å². The minimum Gasteiger partial charge on any atom is -0.479 e. The molecule has 2 unspecified atom stereocenters. The summed E-state index contributed by atoms with van der Waals surface area (Å²) in [4.78, 5) is 36.9. The van der Waals surface area contributed by atoms with Gasteiger partial charge in [-0.1, -0.05) is 0 Å². The van der Waals surface area contributed by atoms with Crippen molar-refractivity contribution >= 4 is 18.0 Å². The van der Waals surface area contributed by atoms with Crippen LogP contribution in [0.15, 0.2) is 0 Å². The van der Waals surface area contributed by atoms with Gasteiger partial charge in [-0.05, 0) is 34.1 Å². The lowest BCUT2D eigenvalue weighted by atomic mass is 9.99. The molecular formula is C14H25N3O5. The van der Waals surface area contributed by atoms with Gasteiger partial charge in [0, 0.05) is 20.1 Å². The van der Waals surface area contributed by atoms with Crippen LogP contribution in [0.2, 0.25) is 0 Å². The van der Waals surface area contributed by atoms with Gasteiger partial charge in [-0.3, -0.25) is 9.69 Å². The van der Waals surface area contributed by atoms with Gasteiger partial charge in [-0.15, -0.1) is 0 Å². The maximum atomic E-state index is 11.9. The molecule has 1 rings (SSSR count). The molecule has 8 heteroatoms. The number of hydrogen-bond acceptors (Lipinski definition) is 5. The first-order chi connectivity index (χ1) is 10.0. The average Bonchev–Trinajstić information content (AvgIpc) is 2.80. The molecule has 2 atom stereocenters. The molecule has 1 heterocycles. The van der Waals surface area contributed by atoms with Crippen molar-refractivity contribution in [3.63, 3.8) is 0 Å². The third-order valence-electron chi connectivity index (χ3n) is 3.62. The van der Waals surface area contributed by atoms with E-state index in [1.54, 1.807) is 32.6 Å². The van der Waals surface area contributed by atoms with Crippen LogP contribution < -0.4 is 10.6 Å². The van der Waals surface area contributed by atoms with Crippen molar-refractivity contribution in [3.8, 4) is 0 Å². The fraction of sp³-hybridized carbons (Fsp3) is 0.786. The third kappa shape index (κ3) is 4.33. The SMILES string of the molecule is CNC(=O)C(C)N1CCC(NC(=O)OC(C)(C)C)(C(=O)O)C1. The monoisotopic (exact) mass is 315 g/mol. The second-order valence-corrected chi connectivity index (χ2v) is 6.52. The van der Waals surface area contributed by atoms with Crippen LogP contribution in [0.5, 0.6) is 0 Å². The third-order valence-corrected chi connectivity index (χ3v) is 3.62. The Morgan fingerprint density at radius 1 is 1.32 bits per heavy atom. The van der Waals surface area contributed by atoms with E-state index >= 15 is 0 Å².